The molecule has 2 bridgehead atoms. The molecule has 0 radical (unpaired) electrons. The third-order valence-electron chi connectivity index (χ3n) is 7.52. The predicted molar refractivity (Wildman–Crippen MR) is 149 cm³/mol. The van der Waals surface area contributed by atoms with Crippen LogP contribution >= 0.6 is 11.6 Å². The van der Waals surface area contributed by atoms with Gasteiger partial charge in [-0.25, -0.2) is 0 Å². The Morgan fingerprint density at radius 2 is 1.79 bits per heavy atom. The van der Waals surface area contributed by atoms with Crippen molar-refractivity contribution in [3.05, 3.63) is 89.1 Å². The number of pyridine rings is 1. The normalized spacial score (nSPS) is 19.2. The smallest absolute Gasteiger partial charge is 0.416 e. The van der Waals surface area contributed by atoms with Crippen LogP contribution in [-0.2, 0) is 6.18 Å². The number of ether oxygens (including phenoxy) is 1. The quantitative estimate of drug-likeness (QED) is 0.260. The van der Waals surface area contributed by atoms with Crippen molar-refractivity contribution in [1.29, 1.82) is 0 Å². The molecule has 5 nitrogen and oxygen atoms in total. The molecule has 1 aromatic heterocycles. The average molecular weight is 553 g/mol. The minimum atomic E-state index is -4.49. The van der Waals surface area contributed by atoms with Gasteiger partial charge in [0.2, 0.25) is 0 Å². The van der Waals surface area contributed by atoms with E-state index in [0.717, 1.165) is 53.3 Å². The maximum absolute atomic E-state index is 13.8. The van der Waals surface area contributed by atoms with E-state index in [4.69, 9.17) is 16.3 Å². The molecule has 9 heteroatoms. The lowest BCUT2D eigenvalue weighted by Crippen LogP contribution is -2.47. The Morgan fingerprint density at radius 3 is 2.54 bits per heavy atom. The molecule has 4 aromatic rings. The molecule has 39 heavy (non-hydrogen) atoms. The Balaban J connectivity index is 1.14. The molecule has 2 fully saturated rings. The van der Waals surface area contributed by atoms with E-state index in [9.17, 15) is 13.2 Å². The number of para-hydroxylation sites is 1. The van der Waals surface area contributed by atoms with E-state index in [1.165, 1.54) is 5.69 Å². The fraction of sp³-hybridized carbons (Fsp3) is 0.300. The number of aromatic nitrogens is 1. The number of piperazine rings is 1. The second-order valence-corrected chi connectivity index (χ2v) is 10.6. The number of hydrogen-bond acceptors (Lipinski definition) is 5. The summed E-state index contributed by atoms with van der Waals surface area (Å²) in [6.07, 6.45) is -3.43. The zero-order valence-corrected chi connectivity index (χ0v) is 22.1. The van der Waals surface area contributed by atoms with Crippen LogP contribution in [0.25, 0.3) is 10.9 Å². The topological polar surface area (TPSA) is 40.6 Å². The number of nitrogens with one attached hydrogen (secondary N) is 1. The first-order valence-corrected chi connectivity index (χ1v) is 13.4. The number of benzene rings is 3. The van der Waals surface area contributed by atoms with Gasteiger partial charge >= 0.3 is 6.18 Å². The molecule has 202 valence electrons. The van der Waals surface area contributed by atoms with Crippen LogP contribution in [0, 0.1) is 6.92 Å². The Kier molecular flexibility index (Phi) is 6.77. The molecule has 0 unspecified atom stereocenters. The summed E-state index contributed by atoms with van der Waals surface area (Å²) < 4.78 is 47.2. The van der Waals surface area contributed by atoms with Gasteiger partial charge in [-0.05, 0) is 61.9 Å². The fourth-order valence-electron chi connectivity index (χ4n) is 5.74. The van der Waals surface area contributed by atoms with Gasteiger partial charge in [-0.15, -0.1) is 0 Å². The highest BCUT2D eigenvalue weighted by atomic mass is 35.5. The molecule has 6 rings (SSSR count). The van der Waals surface area contributed by atoms with Crippen LogP contribution in [0.3, 0.4) is 0 Å². The Bertz CT molecular complexity index is 1490. The molecule has 3 heterocycles. The van der Waals surface area contributed by atoms with E-state index < -0.39 is 11.7 Å². The minimum Gasteiger partial charge on any atom is -0.492 e. The van der Waals surface area contributed by atoms with Gasteiger partial charge in [0.05, 0.1) is 11.1 Å². The fourth-order valence-corrected chi connectivity index (χ4v) is 5.86. The summed E-state index contributed by atoms with van der Waals surface area (Å²) in [6.45, 7) is 4.65. The second-order valence-electron chi connectivity index (χ2n) is 10.2. The number of alkyl halides is 3. The zero-order valence-electron chi connectivity index (χ0n) is 21.4. The first kappa shape index (κ1) is 25.8. The monoisotopic (exact) mass is 552 g/mol. The van der Waals surface area contributed by atoms with Crippen molar-refractivity contribution < 1.29 is 17.9 Å². The SMILES string of the molecule is Cc1cc(Nc2cc(OCCN3C[C@@H]4C[C@H]3CN4c3ccc(Cl)cc3)cc(C(F)(F)F)c2)c2ccccc2n1. The number of rotatable bonds is 7. The van der Waals surface area contributed by atoms with Crippen LogP contribution in [0.4, 0.5) is 30.2 Å². The third-order valence-corrected chi connectivity index (χ3v) is 7.77. The number of fused-ring (bicyclic) bond motifs is 3. The van der Waals surface area contributed by atoms with E-state index in [1.807, 2.05) is 61.5 Å². The summed E-state index contributed by atoms with van der Waals surface area (Å²) in [5, 5.41) is 4.73. The van der Waals surface area contributed by atoms with Gasteiger partial charge in [-0.2, -0.15) is 13.2 Å². The van der Waals surface area contributed by atoms with Gasteiger partial charge in [0.25, 0.3) is 0 Å². The minimum absolute atomic E-state index is 0.189. The summed E-state index contributed by atoms with van der Waals surface area (Å²) in [4.78, 5) is 9.30. The van der Waals surface area contributed by atoms with Gasteiger partial charge in [-0.1, -0.05) is 29.8 Å². The standard InChI is InChI=1S/C30H28ClF3N4O/c1-19-12-29(27-4-2-3-5-28(27)35-19)36-22-13-20(30(32,33)34)14-26(15-22)39-11-10-37-17-25-16-24(37)18-38(25)23-8-6-21(31)7-9-23/h2-9,12-15,24-25H,10-11,16-18H2,1H3,(H,35,36)/t24-,25-/m0/s1. The molecule has 3 aromatic carbocycles. The second kappa shape index (κ2) is 10.2. The molecular formula is C30H28ClF3N4O. The first-order chi connectivity index (χ1) is 18.7. The van der Waals surface area contributed by atoms with Crippen molar-refractivity contribution in [3.8, 4) is 5.75 Å². The van der Waals surface area contributed by atoms with Crippen molar-refractivity contribution in [3.63, 3.8) is 0 Å². The molecule has 2 aliphatic rings. The number of anilines is 3. The van der Waals surface area contributed by atoms with Crippen molar-refractivity contribution in [2.75, 3.05) is 36.5 Å². The number of likely N-dealkylation sites (tertiary alicyclic amines) is 1. The Hall–Kier alpha value is -3.49. The van der Waals surface area contributed by atoms with Crippen molar-refractivity contribution in [2.45, 2.75) is 31.6 Å². The molecule has 2 aliphatic heterocycles. The van der Waals surface area contributed by atoms with Crippen molar-refractivity contribution >= 4 is 39.6 Å². The maximum Gasteiger partial charge on any atom is 0.416 e. The first-order valence-electron chi connectivity index (χ1n) is 13.0. The lowest BCUT2D eigenvalue weighted by molar-refractivity contribution is -0.137. The number of nitrogens with zero attached hydrogens (tertiary/aromatic N) is 3. The van der Waals surface area contributed by atoms with Crippen LogP contribution in [0.15, 0.2) is 72.8 Å². The highest BCUT2D eigenvalue weighted by molar-refractivity contribution is 6.30. The molecule has 0 aliphatic carbocycles. The summed E-state index contributed by atoms with van der Waals surface area (Å²) >= 11 is 6.03. The molecule has 0 saturated carbocycles. The Morgan fingerprint density at radius 1 is 1.00 bits per heavy atom. The molecule has 0 amide bonds. The zero-order chi connectivity index (χ0) is 27.1. The highest BCUT2D eigenvalue weighted by Gasteiger charge is 2.43. The van der Waals surface area contributed by atoms with Crippen LogP contribution in [0.5, 0.6) is 5.75 Å². The summed E-state index contributed by atoms with van der Waals surface area (Å²) in [5.41, 5.74) is 2.98. The highest BCUT2D eigenvalue weighted by Crippen LogP contribution is 2.37. The van der Waals surface area contributed by atoms with Crippen LogP contribution < -0.4 is 15.0 Å². The number of halogens is 4. The predicted octanol–water partition coefficient (Wildman–Crippen LogP) is 7.30. The molecule has 2 saturated heterocycles. The van der Waals surface area contributed by atoms with Gasteiger partial charge in [0, 0.05) is 70.9 Å². The lowest BCUT2D eigenvalue weighted by atomic mass is 10.1. The molecule has 0 spiro atoms. The third kappa shape index (κ3) is 5.49. The summed E-state index contributed by atoms with van der Waals surface area (Å²) in [5.74, 6) is 0.189. The van der Waals surface area contributed by atoms with Crippen molar-refractivity contribution in [2.24, 2.45) is 0 Å². The van der Waals surface area contributed by atoms with Gasteiger partial charge in [0.1, 0.15) is 12.4 Å². The number of aryl methyl sites for hydroxylation is 1. The van der Waals surface area contributed by atoms with E-state index in [0.29, 0.717) is 36.6 Å². The van der Waals surface area contributed by atoms with Crippen LogP contribution in [-0.4, -0.2) is 48.2 Å². The van der Waals surface area contributed by atoms with E-state index >= 15 is 0 Å². The van der Waals surface area contributed by atoms with Crippen molar-refractivity contribution in [1.82, 2.24) is 9.88 Å². The van der Waals surface area contributed by atoms with Gasteiger partial charge < -0.3 is 15.0 Å². The molecular weight excluding hydrogens is 525 g/mol. The molecule has 1 N–H and O–H groups in total. The van der Waals surface area contributed by atoms with Gasteiger partial charge in [-0.3, -0.25) is 9.88 Å². The number of hydrogen-bond donors (Lipinski definition) is 1. The van der Waals surface area contributed by atoms with E-state index in [1.54, 1.807) is 6.07 Å². The lowest BCUT2D eigenvalue weighted by Gasteiger charge is -2.35. The Labute approximate surface area is 230 Å². The van der Waals surface area contributed by atoms with E-state index in [-0.39, 0.29) is 5.75 Å². The van der Waals surface area contributed by atoms with E-state index in [2.05, 4.69) is 20.1 Å². The summed E-state index contributed by atoms with van der Waals surface area (Å²) in [6, 6.07) is 21.9. The van der Waals surface area contributed by atoms with Crippen LogP contribution in [0.1, 0.15) is 17.7 Å². The largest absolute Gasteiger partial charge is 0.492 e. The average Bonchev–Trinajstić information content (AvgIpc) is 3.49. The van der Waals surface area contributed by atoms with Gasteiger partial charge in [0.15, 0.2) is 0 Å². The summed E-state index contributed by atoms with van der Waals surface area (Å²) in [7, 11) is 0. The molecule has 2 atom stereocenters. The van der Waals surface area contributed by atoms with Crippen LogP contribution in [0.2, 0.25) is 5.02 Å². The maximum atomic E-state index is 13.8.